The topological polar surface area (TPSA) is 101 Å². The second-order valence-electron chi connectivity index (χ2n) is 24.6. The lowest BCUT2D eigenvalue weighted by molar-refractivity contribution is 0.285. The summed E-state index contributed by atoms with van der Waals surface area (Å²) < 4.78 is 174. The number of hydrogen-bond acceptors (Lipinski definition) is 14. The summed E-state index contributed by atoms with van der Waals surface area (Å²) in [7, 11) is 0. The van der Waals surface area contributed by atoms with Crippen molar-refractivity contribution in [3.8, 4) is 34.5 Å². The van der Waals surface area contributed by atoms with Crippen molar-refractivity contribution in [2.75, 3.05) is 69.8 Å². The number of anilines is 6. The van der Waals surface area contributed by atoms with Crippen LogP contribution < -0.4 is 57.8 Å². The number of benzene rings is 10. The first-order chi connectivity index (χ1) is 48.6. The molecule has 100 heavy (non-hydrogen) atoms. The molecule has 0 radical (unpaired) electrons. The van der Waals surface area contributed by atoms with Crippen molar-refractivity contribution in [2.45, 2.75) is 39.3 Å². The minimum absolute atomic E-state index is 0.108. The third-order valence-corrected chi connectivity index (χ3v) is 18.2. The molecule has 2 aromatic heterocycles. The molecule has 0 saturated carbocycles. The maximum atomic E-state index is 14.3. The van der Waals surface area contributed by atoms with E-state index in [1.165, 1.54) is 27.5 Å². The quantitative estimate of drug-likeness (QED) is 0.148. The first-order valence-electron chi connectivity index (χ1n) is 31.6. The molecule has 0 spiro atoms. The normalized spacial score (nSPS) is 15.0. The van der Waals surface area contributed by atoms with E-state index in [1.807, 2.05) is 58.6 Å². The number of nitrogens with zero attached hydrogens (tertiary/aromatic N) is 8. The van der Waals surface area contributed by atoms with Crippen LogP contribution in [-0.4, -0.2) is 50.4 Å². The van der Waals surface area contributed by atoms with Crippen LogP contribution in [0.5, 0.6) is 34.5 Å². The highest BCUT2D eigenvalue weighted by Gasteiger charge is 2.31. The molecule has 504 valence electrons. The Bertz CT molecular complexity index is 5070. The van der Waals surface area contributed by atoms with E-state index < -0.39 is 58.2 Å². The van der Waals surface area contributed by atoms with Gasteiger partial charge in [-0.05, 0) is 119 Å². The lowest BCUT2D eigenvalue weighted by atomic mass is 10.00. The van der Waals surface area contributed by atoms with Crippen LogP contribution in [0, 0.1) is 58.2 Å². The molecule has 0 N–H and O–H groups in total. The number of hydrogen-bond donors (Lipinski definition) is 0. The van der Waals surface area contributed by atoms with Gasteiger partial charge in [0.25, 0.3) is 0 Å². The minimum atomic E-state index is -1.04. The number of fused-ring (bicyclic) bond motifs is 11. The Labute approximate surface area is 564 Å². The smallest absolute Gasteiger partial charge is 0.161 e. The zero-order valence-corrected chi connectivity index (χ0v) is 52.6. The van der Waals surface area contributed by atoms with Gasteiger partial charge in [-0.3, -0.25) is 9.97 Å². The molecule has 0 fully saturated rings. The molecule has 0 amide bonds. The van der Waals surface area contributed by atoms with Gasteiger partial charge in [0.05, 0.1) is 36.9 Å². The van der Waals surface area contributed by atoms with Gasteiger partial charge in [0.15, 0.2) is 86.9 Å². The zero-order valence-electron chi connectivity index (χ0n) is 52.6. The summed E-state index contributed by atoms with van der Waals surface area (Å²) in [6.07, 6.45) is 7.31. The van der Waals surface area contributed by atoms with E-state index in [0.717, 1.165) is 121 Å². The SMILES string of the molecule is Fc1cc(F)c(N2COc3cc4cc5c(cc4cc3C2)CN(c2c(F)cc(F)cc2F)CO5)c(F)c1.Fc1ccc(N2COc3cc4ccc5c(c4cc3C2)OCN(c2ccc(F)c(F)c2)C5)cc1F.c1cncc(N2COc3cc4ccc5c(c4cc3C2)OCN(c2cccnc2)C5)c1. The van der Waals surface area contributed by atoms with Crippen molar-refractivity contribution < 1.29 is 72.3 Å². The highest BCUT2D eigenvalue weighted by molar-refractivity contribution is 5.94. The van der Waals surface area contributed by atoms with Gasteiger partial charge in [-0.15, -0.1) is 0 Å². The van der Waals surface area contributed by atoms with Crippen LogP contribution in [0.1, 0.15) is 33.4 Å². The molecule has 10 aromatic carbocycles. The second-order valence-corrected chi connectivity index (χ2v) is 24.6. The van der Waals surface area contributed by atoms with E-state index in [-0.39, 0.29) is 51.4 Å². The van der Waals surface area contributed by atoms with Crippen LogP contribution in [0.15, 0.2) is 183 Å². The van der Waals surface area contributed by atoms with Gasteiger partial charge < -0.3 is 57.8 Å². The van der Waals surface area contributed by atoms with Crippen LogP contribution in [0.3, 0.4) is 0 Å². The van der Waals surface area contributed by atoms with Gasteiger partial charge >= 0.3 is 0 Å². The molecule has 14 nitrogen and oxygen atoms in total. The Morgan fingerprint density at radius 2 is 0.610 bits per heavy atom. The van der Waals surface area contributed by atoms with E-state index in [2.05, 4.69) is 56.2 Å². The van der Waals surface area contributed by atoms with E-state index in [1.54, 1.807) is 36.7 Å². The standard InChI is InChI=1S/C26H16F6N2O2.C26H18F4N2O2.C24H20N4O2/c27-17-5-19(29)25(20(30)6-17)33-9-15-1-13-2-16-10-34(26-21(31)7-18(28)8-22(26)32)12-36-24(16)4-14(13)3-23(15)35-11-33;27-21-5-3-18(9-23(21)29)31-11-16-2-1-15-8-25-17(7-20(15)26(16)34-14-31)12-32(13-33-25)19-4-6-22(28)24(30)10-19;1-3-20(11-25-7-1)27-13-18-6-5-17-10-23-19(9-22(17)24(18)30-16-27)14-28(15-29-23)21-4-2-8-26-12-21/h1-8H,9-12H2;1-10H,11-14H2;1-12H,13-16H2. The average Bonchev–Trinajstić information content (AvgIpc) is 0.768. The molecule has 6 aliphatic heterocycles. The summed E-state index contributed by atoms with van der Waals surface area (Å²) in [6, 6.07) is 41.6. The van der Waals surface area contributed by atoms with Crippen molar-refractivity contribution in [1.29, 1.82) is 0 Å². The van der Waals surface area contributed by atoms with E-state index in [4.69, 9.17) is 28.4 Å². The Balaban J connectivity index is 0.000000117. The molecule has 12 aromatic rings. The molecular formula is C76H54F10N8O6. The van der Waals surface area contributed by atoms with E-state index in [9.17, 15) is 43.9 Å². The fourth-order valence-corrected chi connectivity index (χ4v) is 13.3. The molecule has 6 aliphatic rings. The van der Waals surface area contributed by atoms with Gasteiger partial charge in [0.2, 0.25) is 0 Å². The minimum Gasteiger partial charge on any atom is -0.473 e. The van der Waals surface area contributed by atoms with Gasteiger partial charge in [0.1, 0.15) is 57.5 Å². The molecule has 24 heteroatoms. The second kappa shape index (κ2) is 25.9. The summed E-state index contributed by atoms with van der Waals surface area (Å²) in [5, 5.41) is 5.62. The third-order valence-electron chi connectivity index (χ3n) is 18.2. The monoisotopic (exact) mass is 1360 g/mol. The van der Waals surface area contributed by atoms with Crippen molar-refractivity contribution in [2.24, 2.45) is 0 Å². The molecule has 0 atom stereocenters. The maximum absolute atomic E-state index is 14.3. The van der Waals surface area contributed by atoms with Crippen molar-refractivity contribution in [3.63, 3.8) is 0 Å². The third kappa shape index (κ3) is 12.2. The highest BCUT2D eigenvalue weighted by Crippen LogP contribution is 2.44. The first-order valence-corrected chi connectivity index (χ1v) is 31.6. The predicted molar refractivity (Wildman–Crippen MR) is 356 cm³/mol. The fourth-order valence-electron chi connectivity index (χ4n) is 13.3. The molecule has 8 heterocycles. The van der Waals surface area contributed by atoms with Crippen LogP contribution >= 0.6 is 0 Å². The van der Waals surface area contributed by atoms with Gasteiger partial charge in [0, 0.05) is 130 Å². The average molecular weight is 1370 g/mol. The van der Waals surface area contributed by atoms with Gasteiger partial charge in [-0.2, -0.15) is 0 Å². The maximum Gasteiger partial charge on any atom is 0.161 e. The summed E-state index contributed by atoms with van der Waals surface area (Å²) in [4.78, 5) is 19.1. The Hall–Kier alpha value is -11.8. The molecule has 0 bridgehead atoms. The summed E-state index contributed by atoms with van der Waals surface area (Å²) in [6.45, 7) is 3.89. The van der Waals surface area contributed by atoms with Crippen LogP contribution in [0.4, 0.5) is 78.0 Å². The Kier molecular flexibility index (Phi) is 16.3. The lowest BCUT2D eigenvalue weighted by Gasteiger charge is -2.33. The molecule has 0 aliphatic carbocycles. The number of rotatable bonds is 6. The van der Waals surface area contributed by atoms with Gasteiger partial charge in [-0.25, -0.2) is 43.9 Å². The van der Waals surface area contributed by atoms with Crippen molar-refractivity contribution in [3.05, 3.63) is 274 Å². The van der Waals surface area contributed by atoms with Crippen molar-refractivity contribution >= 4 is 66.4 Å². The van der Waals surface area contributed by atoms with Gasteiger partial charge in [-0.1, -0.05) is 24.3 Å². The van der Waals surface area contributed by atoms with E-state index >= 15 is 0 Å². The summed E-state index contributed by atoms with van der Waals surface area (Å²) >= 11 is 0. The predicted octanol–water partition coefficient (Wildman–Crippen LogP) is 16.8. The molecule has 0 saturated heterocycles. The number of ether oxygens (including phenoxy) is 6. The van der Waals surface area contributed by atoms with Crippen LogP contribution in [0.2, 0.25) is 0 Å². The number of aromatic nitrogens is 2. The fraction of sp³-hybridized carbons (Fsp3) is 0.158. The zero-order chi connectivity index (χ0) is 68.4. The Morgan fingerprint density at radius 1 is 0.270 bits per heavy atom. The van der Waals surface area contributed by atoms with Crippen molar-refractivity contribution in [1.82, 2.24) is 9.97 Å². The molecule has 0 unspecified atom stereocenters. The lowest BCUT2D eigenvalue weighted by Crippen LogP contribution is -2.33. The highest BCUT2D eigenvalue weighted by atomic mass is 19.2. The first kappa shape index (κ1) is 63.0. The largest absolute Gasteiger partial charge is 0.473 e. The Morgan fingerprint density at radius 3 is 1.00 bits per heavy atom. The van der Waals surface area contributed by atoms with Crippen LogP contribution in [-0.2, 0) is 39.3 Å². The summed E-state index contributed by atoms with van der Waals surface area (Å²) in [5.74, 6) is -5.36. The molecule has 18 rings (SSSR count). The van der Waals surface area contributed by atoms with E-state index in [0.29, 0.717) is 84.8 Å². The van der Waals surface area contributed by atoms with Crippen LogP contribution in [0.25, 0.3) is 32.3 Å². The summed E-state index contributed by atoms with van der Waals surface area (Å²) in [5.41, 5.74) is 7.82. The number of halogens is 10. The molecular weight excluding hydrogens is 1310 g/mol. The number of pyridine rings is 2.